The molecule has 0 aliphatic heterocycles. The number of hydrogen-bond donors (Lipinski definition) is 8. The first-order valence-corrected chi connectivity index (χ1v) is 26.6. The van der Waals surface area contributed by atoms with Crippen molar-refractivity contribution in [3.05, 3.63) is 0 Å². The zero-order valence-corrected chi connectivity index (χ0v) is 43.7. The molecule has 22 heteroatoms. The number of ether oxygens (including phenoxy) is 4. The molecule has 0 saturated heterocycles. The summed E-state index contributed by atoms with van der Waals surface area (Å²) in [4.78, 5) is 104. The molecule has 0 fully saturated rings. The van der Waals surface area contributed by atoms with Gasteiger partial charge < -0.3 is 61.3 Å². The van der Waals surface area contributed by atoms with Crippen molar-refractivity contribution in [3.8, 4) is 0 Å². The van der Waals surface area contributed by atoms with Crippen LogP contribution in [0.1, 0.15) is 156 Å². The highest BCUT2D eigenvalue weighted by Crippen LogP contribution is 2.15. The Morgan fingerprint density at radius 2 is 0.972 bits per heavy atom. The van der Waals surface area contributed by atoms with Crippen molar-refractivity contribution < 1.29 is 77.4 Å². The minimum Gasteiger partial charge on any atom is -0.481 e. The second-order valence-electron chi connectivity index (χ2n) is 17.2. The first kappa shape index (κ1) is 68.9. The molecule has 0 aliphatic carbocycles. The molecule has 0 radical (unpaired) electrons. The molecule has 0 aromatic carbocycles. The second-order valence-corrected chi connectivity index (χ2v) is 18.3. The van der Waals surface area contributed by atoms with E-state index >= 15 is 0 Å². The van der Waals surface area contributed by atoms with Gasteiger partial charge in [0.05, 0.1) is 50.7 Å². The standard InChI is InChI=1S/C45H80N4O15S.C4H9NO/c1-2-36(44(57)58)34-65-35-42(54)47-24-23-46-40(52)32-64-31-29-62-27-25-48-41(53)33-63-30-28-61-26-17-18-37(50)21-22-38(45(59)60)49-39(51)19-15-13-11-9-7-5-3-4-6-8-10-12-14-16-20-43(55)56;1-3(5)4(2)6/h36,38H,2-35H2,1H3,(H,46,52)(H,47,54)(H,48,53)(H,49,51)(H,55,56)(H,57,58)(H,59,60);3H,5H2,1-2H3/t36-,38-;3-/m00/s1. The van der Waals surface area contributed by atoms with Crippen molar-refractivity contribution >= 4 is 64.9 Å². The zero-order chi connectivity index (χ0) is 53.3. The quantitative estimate of drug-likeness (QED) is 0.0396. The van der Waals surface area contributed by atoms with Gasteiger partial charge in [0.2, 0.25) is 23.6 Å². The van der Waals surface area contributed by atoms with E-state index in [1.54, 1.807) is 13.8 Å². The minimum atomic E-state index is -1.16. The van der Waals surface area contributed by atoms with Gasteiger partial charge in [-0.25, -0.2) is 4.79 Å². The summed E-state index contributed by atoms with van der Waals surface area (Å²) in [7, 11) is 0. The summed E-state index contributed by atoms with van der Waals surface area (Å²) in [5.74, 6) is -4.05. The topological polar surface area (TPSA) is 325 Å². The van der Waals surface area contributed by atoms with Crippen LogP contribution in [0.25, 0.3) is 0 Å². The van der Waals surface area contributed by atoms with Gasteiger partial charge >= 0.3 is 17.9 Å². The number of nitrogens with two attached hydrogens (primary N) is 1. The van der Waals surface area contributed by atoms with Gasteiger partial charge in [-0.1, -0.05) is 84.0 Å². The van der Waals surface area contributed by atoms with Crippen molar-refractivity contribution in [2.24, 2.45) is 11.7 Å². The number of hydrogen-bond acceptors (Lipinski definition) is 15. The third-order valence-corrected chi connectivity index (χ3v) is 11.8. The number of aliphatic carboxylic acids is 3. The Balaban J connectivity index is 0. The number of rotatable bonds is 49. The molecule has 4 amide bonds. The normalized spacial score (nSPS) is 12.1. The molecule has 0 heterocycles. The number of nitrogens with one attached hydrogen (secondary N) is 4. The number of ketones is 2. The Kier molecular flexibility index (Phi) is 47.9. The summed E-state index contributed by atoms with van der Waals surface area (Å²) in [5, 5.41) is 37.7. The van der Waals surface area contributed by atoms with E-state index in [9.17, 15) is 48.3 Å². The number of thioether (sulfide) groups is 1. The lowest BCUT2D eigenvalue weighted by Gasteiger charge is -2.14. The van der Waals surface area contributed by atoms with Crippen LogP contribution >= 0.6 is 11.8 Å². The third kappa shape index (κ3) is 50.5. The van der Waals surface area contributed by atoms with Gasteiger partial charge in [0.1, 0.15) is 30.8 Å². The maximum atomic E-state index is 12.3. The van der Waals surface area contributed by atoms with E-state index in [-0.39, 0.29) is 145 Å². The molecule has 0 rings (SSSR count). The summed E-state index contributed by atoms with van der Waals surface area (Å²) in [6.45, 7) is 6.60. The van der Waals surface area contributed by atoms with E-state index in [0.717, 1.165) is 38.5 Å². The molecule has 0 aliphatic rings. The summed E-state index contributed by atoms with van der Waals surface area (Å²) in [6.07, 6.45) is 16.8. The number of unbranched alkanes of at least 4 members (excludes halogenated alkanes) is 13. The maximum Gasteiger partial charge on any atom is 0.326 e. The molecule has 0 aromatic heterocycles. The van der Waals surface area contributed by atoms with Crippen LogP contribution in [-0.4, -0.2) is 165 Å². The largest absolute Gasteiger partial charge is 0.481 e. The van der Waals surface area contributed by atoms with Crippen molar-refractivity contribution in [2.45, 2.75) is 168 Å². The molecule has 21 nitrogen and oxygen atoms in total. The van der Waals surface area contributed by atoms with E-state index < -0.39 is 29.9 Å². The van der Waals surface area contributed by atoms with E-state index in [4.69, 9.17) is 34.9 Å². The molecule has 3 atom stereocenters. The summed E-state index contributed by atoms with van der Waals surface area (Å²) in [6, 6.07) is -1.40. The van der Waals surface area contributed by atoms with Crippen molar-refractivity contribution in [1.82, 2.24) is 21.3 Å². The fraction of sp³-hybridized carbons (Fsp3) is 0.816. The molecule has 71 heavy (non-hydrogen) atoms. The number of carbonyl (C=O) groups is 9. The van der Waals surface area contributed by atoms with Crippen LogP contribution in [0.2, 0.25) is 0 Å². The smallest absolute Gasteiger partial charge is 0.326 e. The summed E-state index contributed by atoms with van der Waals surface area (Å²) in [5.41, 5.74) is 5.09. The Hall–Kier alpha value is -4.22. The van der Waals surface area contributed by atoms with Gasteiger partial charge in [0.25, 0.3) is 0 Å². The number of carbonyl (C=O) groups excluding carboxylic acids is 6. The molecule has 9 N–H and O–H groups in total. The second kappa shape index (κ2) is 49.4. The number of amides is 4. The molecule has 0 saturated carbocycles. The third-order valence-electron chi connectivity index (χ3n) is 10.7. The fourth-order valence-corrected chi connectivity index (χ4v) is 7.32. The predicted octanol–water partition coefficient (Wildman–Crippen LogP) is 4.19. The number of carboxylic acids is 3. The van der Waals surface area contributed by atoms with Gasteiger partial charge in [-0.2, -0.15) is 11.8 Å². The average Bonchev–Trinajstić information content (AvgIpc) is 3.31. The maximum absolute atomic E-state index is 12.3. The molecular formula is C49H89N5O16S. The van der Waals surface area contributed by atoms with Crippen LogP contribution in [0, 0.1) is 5.92 Å². The Labute approximate surface area is 425 Å². The van der Waals surface area contributed by atoms with Gasteiger partial charge in [0.15, 0.2) is 0 Å². The summed E-state index contributed by atoms with van der Waals surface area (Å²) < 4.78 is 21.4. The van der Waals surface area contributed by atoms with Crippen molar-refractivity contribution in [3.63, 3.8) is 0 Å². The molecule has 0 unspecified atom stereocenters. The van der Waals surface area contributed by atoms with E-state index in [0.29, 0.717) is 31.6 Å². The average molecular weight is 1040 g/mol. The first-order valence-electron chi connectivity index (χ1n) is 25.4. The van der Waals surface area contributed by atoms with Gasteiger partial charge in [-0.3, -0.25) is 38.4 Å². The van der Waals surface area contributed by atoms with E-state index in [1.165, 1.54) is 63.6 Å². The number of carboxylic acid groups (broad SMARTS) is 3. The monoisotopic (exact) mass is 1040 g/mol. The van der Waals surface area contributed by atoms with Crippen LogP contribution in [0.4, 0.5) is 0 Å². The van der Waals surface area contributed by atoms with Crippen LogP contribution < -0.4 is 27.0 Å². The highest BCUT2D eigenvalue weighted by atomic mass is 32.2. The molecular weight excluding hydrogens is 947 g/mol. The van der Waals surface area contributed by atoms with Gasteiger partial charge in [0, 0.05) is 57.7 Å². The highest BCUT2D eigenvalue weighted by Gasteiger charge is 2.21. The molecule has 0 bridgehead atoms. The van der Waals surface area contributed by atoms with Crippen molar-refractivity contribution in [1.29, 1.82) is 0 Å². The Morgan fingerprint density at radius 3 is 1.44 bits per heavy atom. The van der Waals surface area contributed by atoms with Gasteiger partial charge in [-0.05, 0) is 46.0 Å². The fourth-order valence-electron chi connectivity index (χ4n) is 6.26. The summed E-state index contributed by atoms with van der Waals surface area (Å²) >= 11 is 1.25. The van der Waals surface area contributed by atoms with E-state index in [1.807, 2.05) is 0 Å². The highest BCUT2D eigenvalue weighted by molar-refractivity contribution is 7.99. The Bertz CT molecular complexity index is 1470. The SMILES string of the molecule is CC(=O)[C@H](C)N.CC[C@@H](CSCC(=O)NCCNC(=O)COCCOCCNC(=O)COCCOCCCC(=O)CC[C@H](NC(=O)CCCCCCCCCCCCCCCCC(=O)O)C(=O)O)C(=O)O. The Morgan fingerprint density at radius 1 is 0.521 bits per heavy atom. The van der Waals surface area contributed by atoms with Crippen molar-refractivity contribution in [2.75, 3.05) is 84.0 Å². The lowest BCUT2D eigenvalue weighted by Crippen LogP contribution is -2.41. The lowest BCUT2D eigenvalue weighted by atomic mass is 10.0. The van der Waals surface area contributed by atoms with Crippen LogP contribution in [0.15, 0.2) is 0 Å². The molecule has 0 aromatic rings. The van der Waals surface area contributed by atoms with Gasteiger partial charge in [-0.15, -0.1) is 0 Å². The lowest BCUT2D eigenvalue weighted by molar-refractivity contribution is -0.142. The first-order chi connectivity index (χ1) is 34.0. The zero-order valence-electron chi connectivity index (χ0n) is 42.9. The number of Topliss-reactive ketones (excluding diaryl/α,β-unsaturated/α-hetero) is 2. The van der Waals surface area contributed by atoms with E-state index in [2.05, 4.69) is 21.3 Å². The van der Waals surface area contributed by atoms with Crippen LogP contribution in [-0.2, 0) is 62.1 Å². The minimum absolute atomic E-state index is 0.0257. The molecule has 0 spiro atoms. The van der Waals surface area contributed by atoms with Crippen LogP contribution in [0.5, 0.6) is 0 Å². The predicted molar refractivity (Wildman–Crippen MR) is 270 cm³/mol. The van der Waals surface area contributed by atoms with Crippen LogP contribution in [0.3, 0.4) is 0 Å². The molecule has 412 valence electrons.